The fourth-order valence-electron chi connectivity index (χ4n) is 2.02. The molecule has 0 spiro atoms. The van der Waals surface area contributed by atoms with Crippen LogP contribution in [0.4, 0.5) is 0 Å². The summed E-state index contributed by atoms with van der Waals surface area (Å²) in [5.41, 5.74) is 2.61. The summed E-state index contributed by atoms with van der Waals surface area (Å²) < 4.78 is 17.5. The van der Waals surface area contributed by atoms with Gasteiger partial charge in [-0.1, -0.05) is 23.8 Å². The van der Waals surface area contributed by atoms with Crippen molar-refractivity contribution in [3.8, 4) is 0 Å². The molecule has 0 N–H and O–H groups in total. The molecule has 0 amide bonds. The lowest BCUT2D eigenvalue weighted by Gasteiger charge is -2.28. The van der Waals surface area contributed by atoms with Gasteiger partial charge in [-0.25, -0.2) is 0 Å². The van der Waals surface area contributed by atoms with E-state index in [2.05, 4.69) is 26.5 Å². The second kappa shape index (κ2) is 11.3. The fraction of sp³-hybridized carbons (Fsp3) is 0.750. The lowest BCUT2D eigenvalue weighted by Crippen LogP contribution is -2.45. The molecule has 0 rings (SSSR count). The molecule has 0 fully saturated rings. The van der Waals surface area contributed by atoms with Gasteiger partial charge in [-0.15, -0.1) is 0 Å². The minimum atomic E-state index is -2.50. The predicted octanol–water partition coefficient (Wildman–Crippen LogP) is 4.73. The maximum absolute atomic E-state index is 5.84. The van der Waals surface area contributed by atoms with Gasteiger partial charge in [0.15, 0.2) is 0 Å². The van der Waals surface area contributed by atoms with Gasteiger partial charge in [0.2, 0.25) is 0 Å². The number of allylic oxidation sites excluding steroid dienone is 3. The van der Waals surface area contributed by atoms with Crippen LogP contribution in [0.5, 0.6) is 0 Å². The first-order valence-electron chi connectivity index (χ1n) is 7.71. The number of rotatable bonds is 12. The Morgan fingerprint density at radius 3 is 1.85 bits per heavy atom. The summed E-state index contributed by atoms with van der Waals surface area (Å²) in [5.74, 6) is 0. The van der Waals surface area contributed by atoms with E-state index >= 15 is 0 Å². The summed E-state index contributed by atoms with van der Waals surface area (Å²) in [6.45, 7) is 16.3. The van der Waals surface area contributed by atoms with Crippen molar-refractivity contribution in [3.05, 3.63) is 23.8 Å². The quantitative estimate of drug-likeness (QED) is 0.385. The van der Waals surface area contributed by atoms with Gasteiger partial charge < -0.3 is 13.3 Å². The van der Waals surface area contributed by atoms with Crippen LogP contribution in [0.2, 0.25) is 6.04 Å². The van der Waals surface area contributed by atoms with E-state index in [-0.39, 0.29) is 0 Å². The largest absolute Gasteiger partial charge is 0.501 e. The maximum Gasteiger partial charge on any atom is 0.501 e. The van der Waals surface area contributed by atoms with E-state index in [9.17, 15) is 0 Å². The smallest absolute Gasteiger partial charge is 0.374 e. The Kier molecular flexibility index (Phi) is 11.0. The highest BCUT2D eigenvalue weighted by Gasteiger charge is 2.39. The summed E-state index contributed by atoms with van der Waals surface area (Å²) in [7, 11) is -2.50. The molecule has 0 aromatic carbocycles. The van der Waals surface area contributed by atoms with Gasteiger partial charge in [0.25, 0.3) is 0 Å². The van der Waals surface area contributed by atoms with Crippen LogP contribution < -0.4 is 0 Å². The SMILES string of the molecule is C=C(CCC=C(C)C)CC[Si](OCC)(OCC)OCC. The Morgan fingerprint density at radius 1 is 0.950 bits per heavy atom. The highest BCUT2D eigenvalue weighted by Crippen LogP contribution is 2.22. The summed E-state index contributed by atoms with van der Waals surface area (Å²) in [6.07, 6.45) is 5.26. The average molecular weight is 301 g/mol. The monoisotopic (exact) mass is 300 g/mol. The molecule has 0 aliphatic rings. The Morgan fingerprint density at radius 2 is 1.45 bits per heavy atom. The third-order valence-corrected chi connectivity index (χ3v) is 5.98. The summed E-state index contributed by atoms with van der Waals surface area (Å²) in [5, 5.41) is 0. The molecule has 0 heterocycles. The highest BCUT2D eigenvalue weighted by molar-refractivity contribution is 6.60. The second-order valence-corrected chi connectivity index (χ2v) is 7.78. The van der Waals surface area contributed by atoms with E-state index in [1.165, 1.54) is 11.1 Å². The van der Waals surface area contributed by atoms with Crippen molar-refractivity contribution in [2.45, 2.75) is 59.9 Å². The van der Waals surface area contributed by atoms with E-state index in [4.69, 9.17) is 13.3 Å². The van der Waals surface area contributed by atoms with Gasteiger partial charge in [-0.05, 0) is 53.9 Å². The van der Waals surface area contributed by atoms with Crippen molar-refractivity contribution in [1.82, 2.24) is 0 Å². The minimum Gasteiger partial charge on any atom is -0.374 e. The van der Waals surface area contributed by atoms with Crippen molar-refractivity contribution in [2.75, 3.05) is 19.8 Å². The molecule has 0 unspecified atom stereocenters. The van der Waals surface area contributed by atoms with Gasteiger partial charge in [0.1, 0.15) is 0 Å². The molecule has 0 radical (unpaired) electrons. The molecule has 3 nitrogen and oxygen atoms in total. The van der Waals surface area contributed by atoms with Gasteiger partial charge in [-0.3, -0.25) is 0 Å². The third-order valence-electron chi connectivity index (χ3n) is 2.93. The third kappa shape index (κ3) is 8.69. The number of hydrogen-bond acceptors (Lipinski definition) is 3. The standard InChI is InChI=1S/C16H32O3Si/c1-7-17-20(18-8-2,19-9-3)14-13-16(6)12-10-11-15(4)5/h11H,6-10,12-14H2,1-5H3. The topological polar surface area (TPSA) is 27.7 Å². The van der Waals surface area contributed by atoms with Gasteiger partial charge in [0.05, 0.1) is 0 Å². The van der Waals surface area contributed by atoms with Gasteiger partial charge in [-0.2, -0.15) is 0 Å². The first-order valence-corrected chi connectivity index (χ1v) is 9.64. The van der Waals surface area contributed by atoms with Crippen molar-refractivity contribution in [2.24, 2.45) is 0 Å². The molecule has 0 saturated carbocycles. The zero-order chi connectivity index (χ0) is 15.4. The Hall–Kier alpha value is -0.423. The molecule has 20 heavy (non-hydrogen) atoms. The Balaban J connectivity index is 4.35. The molecule has 0 saturated heterocycles. The van der Waals surface area contributed by atoms with Crippen LogP contribution in [0.25, 0.3) is 0 Å². The van der Waals surface area contributed by atoms with Crippen LogP contribution in [0.1, 0.15) is 53.9 Å². The fourth-order valence-corrected chi connectivity index (χ4v) is 4.68. The van der Waals surface area contributed by atoms with E-state index in [1.807, 2.05) is 20.8 Å². The lowest BCUT2D eigenvalue weighted by molar-refractivity contribution is 0.0713. The molecule has 0 atom stereocenters. The minimum absolute atomic E-state index is 0.635. The molecule has 0 aromatic heterocycles. The van der Waals surface area contributed by atoms with E-state index in [1.54, 1.807) is 0 Å². The Labute approximate surface area is 126 Å². The van der Waals surface area contributed by atoms with Crippen LogP contribution in [0, 0.1) is 0 Å². The molecule has 0 aliphatic carbocycles. The van der Waals surface area contributed by atoms with E-state index < -0.39 is 8.80 Å². The van der Waals surface area contributed by atoms with Crippen LogP contribution >= 0.6 is 0 Å². The number of hydrogen-bond donors (Lipinski definition) is 0. The first-order chi connectivity index (χ1) is 9.49. The van der Waals surface area contributed by atoms with Crippen molar-refractivity contribution in [1.29, 1.82) is 0 Å². The highest BCUT2D eigenvalue weighted by atomic mass is 28.4. The lowest BCUT2D eigenvalue weighted by atomic mass is 10.1. The Bertz CT molecular complexity index is 279. The summed E-state index contributed by atoms with van der Waals surface area (Å²) in [6, 6.07) is 0.830. The second-order valence-electron chi connectivity index (χ2n) is 5.05. The van der Waals surface area contributed by atoms with Gasteiger partial charge >= 0.3 is 8.80 Å². The van der Waals surface area contributed by atoms with E-state index in [0.717, 1.165) is 25.3 Å². The van der Waals surface area contributed by atoms with Crippen molar-refractivity contribution in [3.63, 3.8) is 0 Å². The molecule has 0 bridgehead atoms. The van der Waals surface area contributed by atoms with Crippen molar-refractivity contribution >= 4 is 8.80 Å². The van der Waals surface area contributed by atoms with Gasteiger partial charge in [0, 0.05) is 25.9 Å². The first kappa shape index (κ1) is 19.6. The summed E-state index contributed by atoms with van der Waals surface area (Å²) in [4.78, 5) is 0. The molecular weight excluding hydrogens is 268 g/mol. The molecule has 0 aliphatic heterocycles. The van der Waals surface area contributed by atoms with Crippen LogP contribution in [-0.4, -0.2) is 28.6 Å². The maximum atomic E-state index is 5.84. The van der Waals surface area contributed by atoms with E-state index in [0.29, 0.717) is 19.8 Å². The average Bonchev–Trinajstić information content (AvgIpc) is 2.37. The summed E-state index contributed by atoms with van der Waals surface area (Å²) >= 11 is 0. The molecular formula is C16H32O3Si. The van der Waals surface area contributed by atoms with Crippen LogP contribution in [-0.2, 0) is 13.3 Å². The van der Waals surface area contributed by atoms with Crippen LogP contribution in [0.15, 0.2) is 23.8 Å². The van der Waals surface area contributed by atoms with Crippen molar-refractivity contribution < 1.29 is 13.3 Å². The predicted molar refractivity (Wildman–Crippen MR) is 87.9 cm³/mol. The zero-order valence-electron chi connectivity index (χ0n) is 14.0. The molecule has 118 valence electrons. The normalized spacial score (nSPS) is 11.4. The van der Waals surface area contributed by atoms with Crippen LogP contribution in [0.3, 0.4) is 0 Å². The zero-order valence-corrected chi connectivity index (χ0v) is 15.0. The molecule has 0 aromatic rings. The molecule has 4 heteroatoms.